The average Bonchev–Trinajstić information content (AvgIpc) is 2.59. The van der Waals surface area contributed by atoms with Crippen molar-refractivity contribution in [2.24, 2.45) is 0 Å². The Labute approximate surface area is 147 Å². The fraction of sp³-hybridized carbons (Fsp3) is 0.222. The van der Waals surface area contributed by atoms with E-state index in [0.717, 1.165) is 0 Å². The van der Waals surface area contributed by atoms with Crippen LogP contribution in [0, 0.1) is 5.82 Å². The van der Waals surface area contributed by atoms with Gasteiger partial charge in [0.05, 0.1) is 0 Å². The number of rotatable bonds is 5. The second kappa shape index (κ2) is 7.99. The van der Waals surface area contributed by atoms with E-state index in [4.69, 9.17) is 0 Å². The molecule has 2 amide bonds. The van der Waals surface area contributed by atoms with E-state index in [1.54, 1.807) is 24.5 Å². The summed E-state index contributed by atoms with van der Waals surface area (Å²) in [5.74, 6) is -1.58. The van der Waals surface area contributed by atoms with Gasteiger partial charge in [-0.2, -0.15) is 13.2 Å². The lowest BCUT2D eigenvalue weighted by Gasteiger charge is -2.17. The third-order valence-corrected chi connectivity index (χ3v) is 3.52. The van der Waals surface area contributed by atoms with E-state index >= 15 is 0 Å². The van der Waals surface area contributed by atoms with E-state index in [2.05, 4.69) is 0 Å². The zero-order valence-electron chi connectivity index (χ0n) is 13.8. The summed E-state index contributed by atoms with van der Waals surface area (Å²) < 4.78 is 49.2. The molecule has 1 N–H and O–H groups in total. The number of carbonyl (C=O) groups excluding carboxylic acids is 2. The van der Waals surface area contributed by atoms with Crippen LogP contribution in [0.3, 0.4) is 0 Å². The van der Waals surface area contributed by atoms with Crippen molar-refractivity contribution < 1.29 is 27.2 Å². The Morgan fingerprint density at radius 1 is 0.962 bits per heavy atom. The second-order valence-electron chi connectivity index (χ2n) is 5.66. The molecule has 2 aromatic carbocycles. The van der Waals surface area contributed by atoms with E-state index < -0.39 is 24.4 Å². The molecular weight excluding hydrogens is 352 g/mol. The molecule has 4 nitrogen and oxygen atoms in total. The molecular formula is C18H16F4N2O2. The Kier molecular flexibility index (Phi) is 5.97. The van der Waals surface area contributed by atoms with Gasteiger partial charge in [0.15, 0.2) is 0 Å². The van der Waals surface area contributed by atoms with Gasteiger partial charge in [-0.1, -0.05) is 12.1 Å². The van der Waals surface area contributed by atoms with Crippen LogP contribution in [-0.4, -0.2) is 36.5 Å². The topological polar surface area (TPSA) is 49.4 Å². The molecule has 0 spiro atoms. The lowest BCUT2D eigenvalue weighted by atomic mass is 10.1. The molecule has 0 aliphatic carbocycles. The lowest BCUT2D eigenvalue weighted by molar-refractivity contribution is -0.123. The summed E-state index contributed by atoms with van der Waals surface area (Å²) in [5, 5.41) is 1.78. The summed E-state index contributed by atoms with van der Waals surface area (Å²) in [6.45, 7) is -1.18. The number of hydrogen-bond donors (Lipinski definition) is 1. The van der Waals surface area contributed by atoms with E-state index in [9.17, 15) is 27.2 Å². The summed E-state index contributed by atoms with van der Waals surface area (Å²) in [7, 11) is 1.57. The van der Waals surface area contributed by atoms with Gasteiger partial charge in [0, 0.05) is 24.7 Å². The average molecular weight is 368 g/mol. The second-order valence-corrected chi connectivity index (χ2v) is 5.66. The Morgan fingerprint density at radius 2 is 1.50 bits per heavy atom. The van der Waals surface area contributed by atoms with Crippen molar-refractivity contribution in [3.63, 3.8) is 0 Å². The Balaban J connectivity index is 1.96. The van der Waals surface area contributed by atoms with E-state index in [1.165, 1.54) is 41.3 Å². The molecule has 0 bridgehead atoms. The first-order valence-electron chi connectivity index (χ1n) is 7.60. The monoisotopic (exact) mass is 368 g/mol. The molecule has 0 unspecified atom stereocenters. The van der Waals surface area contributed by atoms with Gasteiger partial charge < -0.3 is 10.2 Å². The number of hydrogen-bond acceptors (Lipinski definition) is 2. The highest BCUT2D eigenvalue weighted by Gasteiger charge is 2.27. The van der Waals surface area contributed by atoms with Gasteiger partial charge in [-0.25, -0.2) is 4.39 Å². The summed E-state index contributed by atoms with van der Waals surface area (Å²) >= 11 is 0. The van der Waals surface area contributed by atoms with E-state index in [1.807, 2.05) is 0 Å². The maximum Gasteiger partial charge on any atom is 0.405 e. The minimum Gasteiger partial charge on any atom is -0.343 e. The van der Waals surface area contributed by atoms with Crippen molar-refractivity contribution >= 4 is 11.8 Å². The quantitative estimate of drug-likeness (QED) is 0.823. The molecule has 0 saturated heterocycles. The highest BCUT2D eigenvalue weighted by Crippen LogP contribution is 2.14. The molecule has 138 valence electrons. The number of alkyl halides is 3. The number of benzene rings is 2. The van der Waals surface area contributed by atoms with Gasteiger partial charge in [0.1, 0.15) is 12.4 Å². The van der Waals surface area contributed by atoms with Crippen molar-refractivity contribution in [1.29, 1.82) is 0 Å². The molecule has 0 radical (unpaired) electrons. The minimum absolute atomic E-state index is 0.0884. The molecule has 8 heteroatoms. The van der Waals surface area contributed by atoms with Gasteiger partial charge >= 0.3 is 6.18 Å². The molecule has 26 heavy (non-hydrogen) atoms. The predicted molar refractivity (Wildman–Crippen MR) is 87.0 cm³/mol. The van der Waals surface area contributed by atoms with Gasteiger partial charge in [-0.05, 0) is 42.0 Å². The third kappa shape index (κ3) is 5.58. The van der Waals surface area contributed by atoms with Crippen LogP contribution in [0.4, 0.5) is 17.6 Å². The van der Waals surface area contributed by atoms with Gasteiger partial charge in [0.2, 0.25) is 0 Å². The molecule has 0 heterocycles. The van der Waals surface area contributed by atoms with Crippen LogP contribution in [0.25, 0.3) is 0 Å². The number of nitrogens with one attached hydrogen (secondary N) is 1. The molecule has 0 fully saturated rings. The normalized spacial score (nSPS) is 11.1. The highest BCUT2D eigenvalue weighted by atomic mass is 19.4. The Bertz CT molecular complexity index is 771. The standard InChI is InChI=1S/C18H16F4N2O2/c1-24(17(26)14-6-8-15(19)9-7-14)10-12-2-4-13(5-3-12)16(25)23-11-18(20,21)22/h2-9H,10-11H2,1H3,(H,23,25). The summed E-state index contributed by atoms with van der Waals surface area (Å²) in [5.41, 5.74) is 1.11. The zero-order chi connectivity index (χ0) is 19.3. The summed E-state index contributed by atoms with van der Waals surface area (Å²) in [6.07, 6.45) is -4.47. The van der Waals surface area contributed by atoms with Crippen LogP contribution >= 0.6 is 0 Å². The largest absolute Gasteiger partial charge is 0.405 e. The van der Waals surface area contributed by atoms with Gasteiger partial charge in [-0.15, -0.1) is 0 Å². The minimum atomic E-state index is -4.47. The SMILES string of the molecule is CN(Cc1ccc(C(=O)NCC(F)(F)F)cc1)C(=O)c1ccc(F)cc1. The zero-order valence-corrected chi connectivity index (χ0v) is 13.8. The van der Waals surface area contributed by atoms with Gasteiger partial charge in [-0.3, -0.25) is 9.59 Å². The van der Waals surface area contributed by atoms with Crippen molar-refractivity contribution in [3.05, 3.63) is 71.0 Å². The smallest absolute Gasteiger partial charge is 0.343 e. The first-order valence-corrected chi connectivity index (χ1v) is 7.60. The first kappa shape index (κ1) is 19.4. The number of halogens is 4. The maximum atomic E-state index is 12.9. The van der Waals surface area contributed by atoms with Crippen LogP contribution in [0.2, 0.25) is 0 Å². The number of carbonyl (C=O) groups is 2. The third-order valence-electron chi connectivity index (χ3n) is 3.52. The Morgan fingerprint density at radius 3 is 2.04 bits per heavy atom. The van der Waals surface area contributed by atoms with Crippen LogP contribution in [0.15, 0.2) is 48.5 Å². The number of amides is 2. The van der Waals surface area contributed by atoms with Crippen LogP contribution in [-0.2, 0) is 6.54 Å². The van der Waals surface area contributed by atoms with Crippen LogP contribution < -0.4 is 5.32 Å². The van der Waals surface area contributed by atoms with Crippen molar-refractivity contribution in [3.8, 4) is 0 Å². The van der Waals surface area contributed by atoms with Crippen LogP contribution in [0.1, 0.15) is 26.3 Å². The molecule has 0 saturated carbocycles. The Hall–Kier alpha value is -2.90. The van der Waals surface area contributed by atoms with Gasteiger partial charge in [0.25, 0.3) is 11.8 Å². The summed E-state index contributed by atoms with van der Waals surface area (Å²) in [4.78, 5) is 25.3. The van der Waals surface area contributed by atoms with Crippen molar-refractivity contribution in [2.75, 3.05) is 13.6 Å². The lowest BCUT2D eigenvalue weighted by Crippen LogP contribution is -2.33. The molecule has 0 aliphatic rings. The van der Waals surface area contributed by atoms with E-state index in [-0.39, 0.29) is 18.0 Å². The summed E-state index contributed by atoms with van der Waals surface area (Å²) in [6, 6.07) is 11.0. The fourth-order valence-corrected chi connectivity index (χ4v) is 2.20. The molecule has 0 aliphatic heterocycles. The van der Waals surface area contributed by atoms with E-state index in [0.29, 0.717) is 11.1 Å². The maximum absolute atomic E-state index is 12.9. The highest BCUT2D eigenvalue weighted by molar-refractivity contribution is 5.94. The van der Waals surface area contributed by atoms with Crippen molar-refractivity contribution in [1.82, 2.24) is 10.2 Å². The molecule has 0 aromatic heterocycles. The predicted octanol–water partition coefficient (Wildman–Crippen LogP) is 3.39. The fourth-order valence-electron chi connectivity index (χ4n) is 2.20. The van der Waals surface area contributed by atoms with Crippen molar-refractivity contribution in [2.45, 2.75) is 12.7 Å². The molecule has 0 atom stereocenters. The number of nitrogens with zero attached hydrogens (tertiary/aromatic N) is 1. The molecule has 2 rings (SSSR count). The molecule has 2 aromatic rings. The first-order chi connectivity index (χ1) is 12.2. The van der Waals surface area contributed by atoms with Crippen LogP contribution in [0.5, 0.6) is 0 Å².